The summed E-state index contributed by atoms with van der Waals surface area (Å²) in [6.45, 7) is 7.21. The minimum Gasteiger partial charge on any atom is -0.202 e. The second kappa shape index (κ2) is 4.57. The molecule has 0 aliphatic heterocycles. The monoisotopic (exact) mass is 218 g/mol. The van der Waals surface area contributed by atoms with Crippen molar-refractivity contribution in [2.45, 2.75) is 52.5 Å². The Labute approximate surface area is 99.5 Å². The molecule has 0 N–H and O–H groups in total. The van der Waals surface area contributed by atoms with Gasteiger partial charge in [-0.1, -0.05) is 26.8 Å². The fourth-order valence-electron chi connectivity index (χ4n) is 2.92. The molecule has 16 heavy (non-hydrogen) atoms. The van der Waals surface area contributed by atoms with Crippen LogP contribution >= 0.6 is 0 Å². The zero-order chi connectivity index (χ0) is 11.6. The van der Waals surface area contributed by atoms with Gasteiger partial charge < -0.3 is 0 Å². The largest absolute Gasteiger partial charge is 0.202 e. The Hall–Kier alpha value is -0.850. The number of nitrogens with zero attached hydrogens (tertiary/aromatic N) is 1. The van der Waals surface area contributed by atoms with Crippen molar-refractivity contribution in [3.63, 3.8) is 0 Å². The van der Waals surface area contributed by atoms with Crippen molar-refractivity contribution in [2.24, 2.45) is 11.3 Å². The molecule has 0 amide bonds. The van der Waals surface area contributed by atoms with Crippen molar-refractivity contribution < 1.29 is 4.57 Å². The number of hydrogen-bond donors (Lipinski definition) is 0. The van der Waals surface area contributed by atoms with Crippen LogP contribution < -0.4 is 4.57 Å². The van der Waals surface area contributed by atoms with Gasteiger partial charge in [-0.25, -0.2) is 4.57 Å². The highest BCUT2D eigenvalue weighted by molar-refractivity contribution is 4.87. The van der Waals surface area contributed by atoms with Gasteiger partial charge in [-0.3, -0.25) is 0 Å². The van der Waals surface area contributed by atoms with Crippen LogP contribution in [0.4, 0.5) is 0 Å². The van der Waals surface area contributed by atoms with Crippen LogP contribution in [0.1, 0.15) is 52.5 Å². The first-order chi connectivity index (χ1) is 7.62. The smallest absolute Gasteiger partial charge is 0.169 e. The standard InChI is InChI=1S/C15H24N/c1-13(2)15(3)9-7-8-14(12-15)16-10-5-4-6-11-16/h4-6,10-11,13-14H,7-9,12H2,1-3H3/q+1. The van der Waals surface area contributed by atoms with Gasteiger partial charge in [-0.2, -0.15) is 0 Å². The Balaban J connectivity index is 2.14. The minimum absolute atomic E-state index is 0.533. The molecule has 1 fully saturated rings. The zero-order valence-corrected chi connectivity index (χ0v) is 10.8. The van der Waals surface area contributed by atoms with E-state index in [0.29, 0.717) is 11.5 Å². The van der Waals surface area contributed by atoms with Crippen LogP contribution in [0.3, 0.4) is 0 Å². The average Bonchev–Trinajstić information content (AvgIpc) is 2.30. The van der Waals surface area contributed by atoms with E-state index in [2.05, 4.69) is 55.9 Å². The zero-order valence-electron chi connectivity index (χ0n) is 10.8. The molecule has 1 saturated carbocycles. The summed E-state index contributed by atoms with van der Waals surface area (Å²) in [7, 11) is 0. The summed E-state index contributed by atoms with van der Waals surface area (Å²) in [5, 5.41) is 0. The van der Waals surface area contributed by atoms with Crippen LogP contribution in [-0.2, 0) is 0 Å². The molecule has 1 aliphatic rings. The quantitative estimate of drug-likeness (QED) is 0.666. The predicted molar refractivity (Wildman–Crippen MR) is 67.1 cm³/mol. The van der Waals surface area contributed by atoms with E-state index in [4.69, 9.17) is 0 Å². The molecule has 0 bridgehead atoms. The molecule has 0 radical (unpaired) electrons. The molecule has 0 spiro atoms. The maximum atomic E-state index is 2.47. The number of hydrogen-bond acceptors (Lipinski definition) is 0. The van der Waals surface area contributed by atoms with Gasteiger partial charge in [0.25, 0.3) is 0 Å². The number of pyridine rings is 1. The molecular weight excluding hydrogens is 194 g/mol. The highest BCUT2D eigenvalue weighted by Gasteiger charge is 2.38. The van der Waals surface area contributed by atoms with Crippen LogP contribution in [0.2, 0.25) is 0 Å². The van der Waals surface area contributed by atoms with Gasteiger partial charge in [0, 0.05) is 25.0 Å². The van der Waals surface area contributed by atoms with Gasteiger partial charge in [0.05, 0.1) is 0 Å². The number of aromatic nitrogens is 1. The van der Waals surface area contributed by atoms with Crippen LogP contribution in [0.5, 0.6) is 0 Å². The van der Waals surface area contributed by atoms with Crippen LogP contribution in [0.15, 0.2) is 30.6 Å². The third kappa shape index (κ3) is 2.28. The van der Waals surface area contributed by atoms with Crippen molar-refractivity contribution >= 4 is 0 Å². The molecule has 0 saturated heterocycles. The molecule has 1 heterocycles. The molecule has 2 unspecified atom stereocenters. The van der Waals surface area contributed by atoms with Gasteiger partial charge in [-0.05, 0) is 24.2 Å². The first kappa shape index (κ1) is 11.6. The van der Waals surface area contributed by atoms with E-state index >= 15 is 0 Å². The Morgan fingerprint density at radius 1 is 1.19 bits per heavy atom. The predicted octanol–water partition coefficient (Wildman–Crippen LogP) is 3.75. The Morgan fingerprint density at radius 3 is 2.50 bits per heavy atom. The fraction of sp³-hybridized carbons (Fsp3) is 0.667. The lowest BCUT2D eigenvalue weighted by atomic mass is 9.67. The van der Waals surface area contributed by atoms with Crippen molar-refractivity contribution in [3.8, 4) is 0 Å². The van der Waals surface area contributed by atoms with Crippen LogP contribution in [0, 0.1) is 11.3 Å². The average molecular weight is 218 g/mol. The number of rotatable bonds is 2. The van der Waals surface area contributed by atoms with Gasteiger partial charge in [-0.15, -0.1) is 0 Å². The Bertz CT molecular complexity index is 331. The molecule has 88 valence electrons. The van der Waals surface area contributed by atoms with E-state index in [0.717, 1.165) is 5.92 Å². The summed E-state index contributed by atoms with van der Waals surface area (Å²) in [4.78, 5) is 0. The summed E-state index contributed by atoms with van der Waals surface area (Å²) in [6, 6.07) is 7.09. The normalized spacial score (nSPS) is 30.6. The Morgan fingerprint density at radius 2 is 1.88 bits per heavy atom. The molecular formula is C15H24N+. The van der Waals surface area contributed by atoms with Crippen LogP contribution in [0.25, 0.3) is 0 Å². The van der Waals surface area contributed by atoms with Gasteiger partial charge in [0.1, 0.15) is 0 Å². The SMILES string of the molecule is CC(C)C1(C)CCCC([n+]2ccccc2)C1. The van der Waals surface area contributed by atoms with Gasteiger partial charge >= 0.3 is 0 Å². The summed E-state index contributed by atoms with van der Waals surface area (Å²) in [5.74, 6) is 0.791. The van der Waals surface area contributed by atoms with E-state index in [1.54, 1.807) is 0 Å². The van der Waals surface area contributed by atoms with E-state index in [1.165, 1.54) is 25.7 Å². The third-order valence-electron chi connectivity index (χ3n) is 4.54. The Kier molecular flexibility index (Phi) is 3.32. The van der Waals surface area contributed by atoms with E-state index < -0.39 is 0 Å². The highest BCUT2D eigenvalue weighted by atomic mass is 15.0. The maximum absolute atomic E-state index is 2.47. The molecule has 1 nitrogen and oxygen atoms in total. The summed E-state index contributed by atoms with van der Waals surface area (Å²) >= 11 is 0. The summed E-state index contributed by atoms with van der Waals surface area (Å²) < 4.78 is 2.40. The van der Waals surface area contributed by atoms with Gasteiger partial charge in [0.2, 0.25) is 0 Å². The third-order valence-corrected chi connectivity index (χ3v) is 4.54. The first-order valence-corrected chi connectivity index (χ1v) is 6.57. The van der Waals surface area contributed by atoms with Crippen molar-refractivity contribution in [1.29, 1.82) is 0 Å². The second-order valence-electron chi connectivity index (χ2n) is 5.88. The maximum Gasteiger partial charge on any atom is 0.169 e. The molecule has 0 aromatic carbocycles. The fourth-order valence-corrected chi connectivity index (χ4v) is 2.92. The second-order valence-corrected chi connectivity index (χ2v) is 5.88. The topological polar surface area (TPSA) is 3.88 Å². The lowest BCUT2D eigenvalue weighted by molar-refractivity contribution is -0.728. The molecule has 1 heteroatoms. The molecule has 2 rings (SSSR count). The van der Waals surface area contributed by atoms with Crippen molar-refractivity contribution in [3.05, 3.63) is 30.6 Å². The van der Waals surface area contributed by atoms with Gasteiger partial charge in [0.15, 0.2) is 18.4 Å². The molecule has 1 aliphatic carbocycles. The summed E-state index contributed by atoms with van der Waals surface area (Å²) in [6.07, 6.45) is 9.89. The van der Waals surface area contributed by atoms with Crippen molar-refractivity contribution in [2.75, 3.05) is 0 Å². The van der Waals surface area contributed by atoms with Crippen LogP contribution in [-0.4, -0.2) is 0 Å². The van der Waals surface area contributed by atoms with E-state index in [-0.39, 0.29) is 0 Å². The lowest BCUT2D eigenvalue weighted by Gasteiger charge is -2.39. The van der Waals surface area contributed by atoms with E-state index in [1.807, 2.05) is 0 Å². The summed E-state index contributed by atoms with van der Waals surface area (Å²) in [5.41, 5.74) is 0.533. The molecule has 1 aromatic heterocycles. The first-order valence-electron chi connectivity index (χ1n) is 6.57. The van der Waals surface area contributed by atoms with E-state index in [9.17, 15) is 0 Å². The van der Waals surface area contributed by atoms with Crippen molar-refractivity contribution in [1.82, 2.24) is 0 Å². The molecule has 2 atom stereocenters. The molecule has 1 aromatic rings. The minimum atomic E-state index is 0.533. The lowest BCUT2D eigenvalue weighted by Crippen LogP contribution is -2.44. The highest BCUT2D eigenvalue weighted by Crippen LogP contribution is 2.44.